The van der Waals surface area contributed by atoms with Crippen molar-refractivity contribution < 1.29 is 182 Å². The van der Waals surface area contributed by atoms with Crippen LogP contribution in [0.25, 0.3) is 0 Å². The van der Waals surface area contributed by atoms with E-state index in [9.17, 15) is 0 Å². The van der Waals surface area contributed by atoms with Crippen molar-refractivity contribution in [2.24, 2.45) is 0 Å². The SMILES string of the molecule is [Hg+2].[I-].[I-].[I-].[I-].[Rb+]. The molecule has 0 nitrogen and oxygen atoms in total. The van der Waals surface area contributed by atoms with E-state index in [1.807, 2.05) is 0 Å². The summed E-state index contributed by atoms with van der Waals surface area (Å²) >= 11 is 0. The Morgan fingerprint density at radius 1 is 0.500 bits per heavy atom. The molecule has 32 valence electrons. The van der Waals surface area contributed by atoms with Gasteiger partial charge in [-0.1, -0.05) is 0 Å². The molecule has 0 aromatic rings. The van der Waals surface area contributed by atoms with Crippen molar-refractivity contribution in [2.45, 2.75) is 0 Å². The summed E-state index contributed by atoms with van der Waals surface area (Å²) in [5.41, 5.74) is 0. The molecule has 6 heavy (non-hydrogen) atoms. The quantitative estimate of drug-likeness (QED) is 0.169. The molecule has 0 atom stereocenters. The van der Waals surface area contributed by atoms with Gasteiger partial charge in [0.15, 0.2) is 0 Å². The van der Waals surface area contributed by atoms with Gasteiger partial charge in [-0.25, -0.2) is 0 Å². The van der Waals surface area contributed by atoms with Gasteiger partial charge in [-0.3, -0.25) is 0 Å². The normalized spacial score (nSPS) is 0. The van der Waals surface area contributed by atoms with E-state index in [4.69, 9.17) is 0 Å². The van der Waals surface area contributed by atoms with E-state index >= 15 is 0 Å². The standard InChI is InChI=1S/Hg.4HI.Rb/h;4*1H;/q+2;;;;;+1/p-4. The van der Waals surface area contributed by atoms with Gasteiger partial charge in [0.05, 0.1) is 0 Å². The van der Waals surface area contributed by atoms with Crippen molar-refractivity contribution in [3.63, 3.8) is 0 Å². The molecule has 0 aliphatic carbocycles. The predicted octanol–water partition coefficient (Wildman–Crippen LogP) is -15.0. The van der Waals surface area contributed by atoms with Gasteiger partial charge in [0.2, 0.25) is 0 Å². The molecule has 0 heterocycles. The molecule has 0 saturated heterocycles. The van der Waals surface area contributed by atoms with Crippen LogP contribution in [0.2, 0.25) is 0 Å². The van der Waals surface area contributed by atoms with Crippen molar-refractivity contribution >= 4 is 0 Å². The summed E-state index contributed by atoms with van der Waals surface area (Å²) in [4.78, 5) is 0. The number of hydrogen-bond acceptors (Lipinski definition) is 0. The Morgan fingerprint density at radius 3 is 0.500 bits per heavy atom. The molecule has 0 amide bonds. The summed E-state index contributed by atoms with van der Waals surface area (Å²) in [6.45, 7) is 0. The Bertz CT molecular complexity index is 7.51. The van der Waals surface area contributed by atoms with Crippen LogP contribution < -0.4 is 154 Å². The minimum Gasteiger partial charge on any atom is -1.00 e. The molecular weight excluding hydrogens is 794 g/mol. The Labute approximate surface area is 176 Å². The molecule has 0 aromatic heterocycles. The van der Waals surface area contributed by atoms with Crippen LogP contribution in [-0.2, 0) is 27.7 Å². The zero-order chi connectivity index (χ0) is 0. The first-order chi connectivity index (χ1) is 0. The van der Waals surface area contributed by atoms with Crippen LogP contribution in [0.3, 0.4) is 0 Å². The van der Waals surface area contributed by atoms with Gasteiger partial charge in [-0.2, -0.15) is 0 Å². The van der Waals surface area contributed by atoms with Crippen LogP contribution in [0.1, 0.15) is 0 Å². The van der Waals surface area contributed by atoms with Gasteiger partial charge in [-0.15, -0.1) is 0 Å². The topological polar surface area (TPSA) is 0 Å². The Hall–Kier alpha value is 5.66. The average Bonchev–Trinajstić information content (AvgIpc) is 0. The molecule has 0 spiro atoms. The maximum atomic E-state index is 0. The second-order valence-electron chi connectivity index (χ2n) is 0. The first-order valence-electron chi connectivity index (χ1n) is 0. The van der Waals surface area contributed by atoms with E-state index < -0.39 is 0 Å². The van der Waals surface area contributed by atoms with Gasteiger partial charge in [0.25, 0.3) is 0 Å². The van der Waals surface area contributed by atoms with Crippen LogP contribution >= 0.6 is 0 Å². The smallest absolute Gasteiger partial charge is 1.00 e. The van der Waals surface area contributed by atoms with Gasteiger partial charge in [-0.05, 0) is 0 Å². The van der Waals surface area contributed by atoms with Crippen molar-refractivity contribution in [2.75, 3.05) is 0 Å². The van der Waals surface area contributed by atoms with Crippen LogP contribution in [0.15, 0.2) is 0 Å². The van der Waals surface area contributed by atoms with Crippen LogP contribution in [-0.4, -0.2) is 0 Å². The Kier molecular flexibility index (Phi) is 214. The molecule has 0 aliphatic heterocycles. The summed E-state index contributed by atoms with van der Waals surface area (Å²) in [5, 5.41) is 0. The number of halogens is 4. The second kappa shape index (κ2) is 31.1. The molecule has 0 radical (unpaired) electrons. The van der Waals surface area contributed by atoms with Gasteiger partial charge >= 0.3 is 85.9 Å². The fourth-order valence-electron chi connectivity index (χ4n) is 0. The summed E-state index contributed by atoms with van der Waals surface area (Å²) in [6, 6.07) is 0. The number of rotatable bonds is 0. The van der Waals surface area contributed by atoms with Crippen LogP contribution in [0.4, 0.5) is 0 Å². The third-order valence-corrected chi connectivity index (χ3v) is 0. The first kappa shape index (κ1) is 41.4. The van der Waals surface area contributed by atoms with Crippen molar-refractivity contribution in [3.8, 4) is 0 Å². The van der Waals surface area contributed by atoms with Gasteiger partial charge in [0.1, 0.15) is 0 Å². The van der Waals surface area contributed by atoms with Crippen molar-refractivity contribution in [1.82, 2.24) is 0 Å². The molecule has 0 saturated carbocycles. The fourth-order valence-corrected chi connectivity index (χ4v) is 0. The van der Waals surface area contributed by atoms with E-state index in [1.165, 1.54) is 0 Å². The maximum Gasteiger partial charge on any atom is 2.00 e. The van der Waals surface area contributed by atoms with E-state index in [2.05, 4.69) is 0 Å². The predicted molar refractivity (Wildman–Crippen MR) is 0 cm³/mol. The summed E-state index contributed by atoms with van der Waals surface area (Å²) in [7, 11) is 0. The molecule has 0 fully saturated rings. The molecule has 0 bridgehead atoms. The van der Waals surface area contributed by atoms with Crippen LogP contribution in [0.5, 0.6) is 0 Å². The van der Waals surface area contributed by atoms with Gasteiger partial charge < -0.3 is 95.9 Å². The summed E-state index contributed by atoms with van der Waals surface area (Å²) in [5.74, 6) is 0. The average molecular weight is 794 g/mol. The molecule has 6 heteroatoms. The van der Waals surface area contributed by atoms with E-state index in [-0.39, 0.29) is 182 Å². The van der Waals surface area contributed by atoms with E-state index in [0.717, 1.165) is 0 Å². The monoisotopic (exact) mass is 795 g/mol. The zero-order valence-corrected chi connectivity index (χ0v) is 22.3. The first-order valence-corrected chi connectivity index (χ1v) is 0. The third kappa shape index (κ3) is 22.6. The molecule has 0 rings (SSSR count). The molecule has 0 aliphatic rings. The minimum absolute atomic E-state index is 0. The summed E-state index contributed by atoms with van der Waals surface area (Å²) in [6.07, 6.45) is 0. The van der Waals surface area contributed by atoms with E-state index in [0.29, 0.717) is 0 Å². The number of hydrogen-bond donors (Lipinski definition) is 0. The molecule has 0 aromatic carbocycles. The maximum absolute atomic E-state index is 0. The zero-order valence-electron chi connectivity index (χ0n) is 3.22. The largest absolute Gasteiger partial charge is 2.00 e. The van der Waals surface area contributed by atoms with Gasteiger partial charge in [0, 0.05) is 0 Å². The minimum atomic E-state index is 0. The Morgan fingerprint density at radius 2 is 0.500 bits per heavy atom. The fraction of sp³-hybridized carbons (Fsp3) is 0. The molecular formula is HgI4Rb-. The molecule has 0 unspecified atom stereocenters. The van der Waals surface area contributed by atoms with Crippen LogP contribution in [0, 0.1) is 0 Å². The third-order valence-electron chi connectivity index (χ3n) is 0. The Balaban J connectivity index is 0. The summed E-state index contributed by atoms with van der Waals surface area (Å²) < 4.78 is 0. The van der Waals surface area contributed by atoms with E-state index in [1.54, 1.807) is 0 Å². The molecule has 0 N–H and O–H groups in total. The van der Waals surface area contributed by atoms with Crippen molar-refractivity contribution in [3.05, 3.63) is 0 Å². The van der Waals surface area contributed by atoms with Crippen molar-refractivity contribution in [1.29, 1.82) is 0 Å². The second-order valence-corrected chi connectivity index (χ2v) is 0.